The minimum absolute atomic E-state index is 0.0117. The van der Waals surface area contributed by atoms with Crippen LogP contribution in [0.5, 0.6) is 0 Å². The highest BCUT2D eigenvalue weighted by Gasteiger charge is 2.30. The summed E-state index contributed by atoms with van der Waals surface area (Å²) in [5.41, 5.74) is 6.44. The van der Waals surface area contributed by atoms with Gasteiger partial charge in [0.15, 0.2) is 11.3 Å². The molecule has 4 aromatic rings. The molecule has 4 aromatic heterocycles. The van der Waals surface area contributed by atoms with Gasteiger partial charge in [0.05, 0.1) is 13.0 Å². The maximum Gasteiger partial charge on any atom is 0.327 e. The molecule has 0 unspecified atom stereocenters. The van der Waals surface area contributed by atoms with E-state index in [0.717, 1.165) is 11.3 Å². The Morgan fingerprint density at radius 3 is 2.86 bits per heavy atom. The summed E-state index contributed by atoms with van der Waals surface area (Å²) in [6, 6.07) is 2.80. The number of rotatable bonds is 6. The normalized spacial score (nSPS) is 14.7. The minimum Gasteiger partial charge on any atom is -0.384 e. The number of anilines is 2. The van der Waals surface area contributed by atoms with Crippen LogP contribution in [0, 0.1) is 6.92 Å². The van der Waals surface area contributed by atoms with Crippen molar-refractivity contribution in [2.45, 2.75) is 39.0 Å². The van der Waals surface area contributed by atoms with Gasteiger partial charge in [-0.05, 0) is 31.4 Å². The Balaban J connectivity index is 1.34. The number of H-pyrrole nitrogens is 2. The molecule has 14 nitrogen and oxygen atoms in total. The fraction of sp³-hybridized carbons (Fsp3) is 0.286. The Labute approximate surface area is 196 Å². The third kappa shape index (κ3) is 4.05. The maximum atomic E-state index is 13.2. The number of fused-ring (bicyclic) bond motifs is 2. The largest absolute Gasteiger partial charge is 0.384 e. The average molecular weight is 478 g/mol. The number of amides is 1. The molecule has 1 aliphatic rings. The van der Waals surface area contributed by atoms with Gasteiger partial charge in [0.2, 0.25) is 5.91 Å². The van der Waals surface area contributed by atoms with Crippen molar-refractivity contribution in [3.8, 4) is 0 Å². The van der Waals surface area contributed by atoms with E-state index in [9.17, 15) is 19.2 Å². The molecule has 0 aromatic carbocycles. The standard InChI is InChI=1S/C21H22N10O4/c1-10-11(2-5-14(22)27-10)6-24-18(32)13-4-3-12-7-23-16(20(34)31(12)13)26-9-30-8-25-15-17(30)28-21(35)29-19(15)33/h2,5,7-8,13H,3-4,6,9H2,1H3,(H2,22,27)(H,23,26)(H,24,32)(H2,28,29,33,35)/t13-/m0/s1. The average Bonchev–Trinajstić information content (AvgIpc) is 3.43. The molecule has 14 heteroatoms. The lowest BCUT2D eigenvalue weighted by Crippen LogP contribution is -2.36. The van der Waals surface area contributed by atoms with Gasteiger partial charge in [0.25, 0.3) is 11.1 Å². The second kappa shape index (κ2) is 8.55. The van der Waals surface area contributed by atoms with Crippen LogP contribution in [0.1, 0.15) is 29.4 Å². The van der Waals surface area contributed by atoms with Crippen LogP contribution < -0.4 is 33.2 Å². The number of hydrogen-bond donors (Lipinski definition) is 5. The summed E-state index contributed by atoms with van der Waals surface area (Å²) in [6.07, 6.45) is 3.93. The fourth-order valence-electron chi connectivity index (χ4n) is 4.17. The second-order valence-corrected chi connectivity index (χ2v) is 8.18. The maximum absolute atomic E-state index is 13.2. The summed E-state index contributed by atoms with van der Waals surface area (Å²) in [7, 11) is 0. The number of nitrogens with two attached hydrogens (primary N) is 1. The minimum atomic E-state index is -0.674. The van der Waals surface area contributed by atoms with Crippen molar-refractivity contribution in [2.75, 3.05) is 11.1 Å². The summed E-state index contributed by atoms with van der Waals surface area (Å²) >= 11 is 0. The first-order valence-corrected chi connectivity index (χ1v) is 10.8. The first kappa shape index (κ1) is 22.1. The Morgan fingerprint density at radius 1 is 1.23 bits per heavy atom. The molecule has 5 rings (SSSR count). The lowest BCUT2D eigenvalue weighted by atomic mass is 10.1. The molecule has 1 amide bonds. The van der Waals surface area contributed by atoms with Gasteiger partial charge in [-0.25, -0.2) is 19.7 Å². The Morgan fingerprint density at radius 2 is 2.06 bits per heavy atom. The lowest BCUT2D eigenvalue weighted by Gasteiger charge is -2.16. The lowest BCUT2D eigenvalue weighted by molar-refractivity contribution is -0.124. The second-order valence-electron chi connectivity index (χ2n) is 8.18. The van der Waals surface area contributed by atoms with E-state index in [4.69, 9.17) is 5.73 Å². The topological polar surface area (TPSA) is 198 Å². The van der Waals surface area contributed by atoms with E-state index in [-0.39, 0.29) is 36.1 Å². The van der Waals surface area contributed by atoms with Crippen LogP contribution in [0.15, 0.2) is 39.0 Å². The van der Waals surface area contributed by atoms with Crippen LogP contribution >= 0.6 is 0 Å². The summed E-state index contributed by atoms with van der Waals surface area (Å²) in [5.74, 6) is 0.154. The van der Waals surface area contributed by atoms with E-state index in [1.54, 1.807) is 18.3 Å². The van der Waals surface area contributed by atoms with Gasteiger partial charge in [-0.1, -0.05) is 6.07 Å². The number of carbonyl (C=O) groups is 1. The first-order chi connectivity index (χ1) is 16.8. The van der Waals surface area contributed by atoms with Gasteiger partial charge in [0.1, 0.15) is 17.5 Å². The SMILES string of the molecule is Cc1nc(N)ccc1CNC(=O)[C@@H]1CCc2cnc(NCn3cnc4c(=O)[nH]c(=O)[nH]c43)c(=O)n21. The number of nitrogens with zero attached hydrogens (tertiary/aromatic N) is 5. The molecule has 1 atom stereocenters. The molecule has 0 radical (unpaired) electrons. The van der Waals surface area contributed by atoms with E-state index in [1.807, 2.05) is 6.92 Å². The molecule has 0 bridgehead atoms. The predicted octanol–water partition coefficient (Wildman–Crippen LogP) is -0.871. The molecule has 0 saturated carbocycles. The number of carbonyl (C=O) groups excluding carboxylic acids is 1. The van der Waals surface area contributed by atoms with E-state index in [2.05, 4.69) is 35.6 Å². The van der Waals surface area contributed by atoms with Crippen LogP contribution in [-0.2, 0) is 24.4 Å². The van der Waals surface area contributed by atoms with Gasteiger partial charge >= 0.3 is 5.69 Å². The number of pyridine rings is 1. The van der Waals surface area contributed by atoms with Gasteiger partial charge in [0, 0.05) is 24.1 Å². The highest BCUT2D eigenvalue weighted by Crippen LogP contribution is 2.24. The van der Waals surface area contributed by atoms with E-state index < -0.39 is 22.9 Å². The predicted molar refractivity (Wildman–Crippen MR) is 126 cm³/mol. The Bertz CT molecular complexity index is 1630. The summed E-state index contributed by atoms with van der Waals surface area (Å²) in [5, 5.41) is 5.77. The van der Waals surface area contributed by atoms with Gasteiger partial charge in [-0.2, -0.15) is 0 Å². The quantitative estimate of drug-likeness (QED) is 0.234. The van der Waals surface area contributed by atoms with Crippen LogP contribution in [-0.4, -0.2) is 40.0 Å². The fourth-order valence-corrected chi connectivity index (χ4v) is 4.17. The molecule has 0 spiro atoms. The highest BCUT2D eigenvalue weighted by molar-refractivity contribution is 5.81. The molecular weight excluding hydrogens is 456 g/mol. The van der Waals surface area contributed by atoms with E-state index in [0.29, 0.717) is 24.4 Å². The van der Waals surface area contributed by atoms with E-state index in [1.165, 1.54) is 15.5 Å². The van der Waals surface area contributed by atoms with E-state index >= 15 is 0 Å². The Hall–Kier alpha value is -4.75. The number of hydrogen-bond acceptors (Lipinski definition) is 9. The zero-order chi connectivity index (χ0) is 24.7. The van der Waals surface area contributed by atoms with Gasteiger partial charge in [-0.15, -0.1) is 0 Å². The third-order valence-corrected chi connectivity index (χ3v) is 5.96. The smallest absolute Gasteiger partial charge is 0.327 e. The van der Waals surface area contributed by atoms with Crippen molar-refractivity contribution in [2.24, 2.45) is 0 Å². The molecule has 0 aliphatic carbocycles. The van der Waals surface area contributed by atoms with Gasteiger partial charge in [-0.3, -0.25) is 33.5 Å². The Kier molecular flexibility index (Phi) is 5.39. The molecule has 5 heterocycles. The van der Waals surface area contributed by atoms with Crippen LogP contribution in [0.25, 0.3) is 11.2 Å². The van der Waals surface area contributed by atoms with Crippen molar-refractivity contribution in [3.63, 3.8) is 0 Å². The number of aryl methyl sites for hydroxylation is 2. The van der Waals surface area contributed by atoms with Crippen LogP contribution in [0.4, 0.5) is 11.6 Å². The van der Waals surface area contributed by atoms with Crippen LogP contribution in [0.2, 0.25) is 0 Å². The molecule has 0 fully saturated rings. The van der Waals surface area contributed by atoms with Crippen molar-refractivity contribution >= 4 is 28.7 Å². The van der Waals surface area contributed by atoms with Crippen molar-refractivity contribution < 1.29 is 4.79 Å². The van der Waals surface area contributed by atoms with Crippen molar-refractivity contribution in [1.29, 1.82) is 0 Å². The monoisotopic (exact) mass is 478 g/mol. The van der Waals surface area contributed by atoms with Crippen molar-refractivity contribution in [1.82, 2.24) is 39.4 Å². The molecule has 6 N–H and O–H groups in total. The molecule has 1 aliphatic heterocycles. The molecular formula is C21H22N10O4. The zero-order valence-corrected chi connectivity index (χ0v) is 18.7. The molecule has 35 heavy (non-hydrogen) atoms. The number of aromatic nitrogens is 7. The molecule has 0 saturated heterocycles. The summed E-state index contributed by atoms with van der Waals surface area (Å²) in [6.45, 7) is 2.09. The zero-order valence-electron chi connectivity index (χ0n) is 18.7. The first-order valence-electron chi connectivity index (χ1n) is 10.8. The number of imidazole rings is 1. The summed E-state index contributed by atoms with van der Waals surface area (Å²) in [4.78, 5) is 66.6. The summed E-state index contributed by atoms with van der Waals surface area (Å²) < 4.78 is 2.91. The third-order valence-electron chi connectivity index (χ3n) is 5.96. The number of nitrogen functional groups attached to an aromatic ring is 1. The number of nitrogens with one attached hydrogen (secondary N) is 4. The van der Waals surface area contributed by atoms with Gasteiger partial charge < -0.3 is 16.4 Å². The number of aromatic amines is 2. The van der Waals surface area contributed by atoms with Crippen molar-refractivity contribution in [3.05, 3.63) is 72.8 Å². The highest BCUT2D eigenvalue weighted by atomic mass is 16.2. The molecule has 180 valence electrons. The van der Waals surface area contributed by atoms with Crippen LogP contribution in [0.3, 0.4) is 0 Å².